The predicted molar refractivity (Wildman–Crippen MR) is 72.8 cm³/mol. The monoisotopic (exact) mass is 256 g/mol. The maximum Gasteiger partial charge on any atom is 0.254 e. The number of aromatic amines is 1. The molecule has 1 heterocycles. The van der Waals surface area contributed by atoms with Gasteiger partial charge in [0.05, 0.1) is 6.07 Å². The minimum atomic E-state index is -0.156. The highest BCUT2D eigenvalue weighted by Gasteiger charge is 2.26. The average molecular weight is 256 g/mol. The highest BCUT2D eigenvalue weighted by Crippen LogP contribution is 2.38. The topological polar surface area (TPSA) is 55.0 Å². The first-order valence-electron chi connectivity index (χ1n) is 6.48. The highest BCUT2D eigenvalue weighted by molar-refractivity contribution is 5.37. The summed E-state index contributed by atoms with van der Waals surface area (Å²) >= 11 is 0. The van der Waals surface area contributed by atoms with E-state index in [1.165, 1.54) is 11.6 Å². The van der Waals surface area contributed by atoms with E-state index in [1.807, 2.05) is 32.0 Å². The summed E-state index contributed by atoms with van der Waals surface area (Å²) in [5.41, 5.74) is 2.06. The van der Waals surface area contributed by atoms with Crippen LogP contribution in [0.15, 0.2) is 29.1 Å². The van der Waals surface area contributed by atoms with E-state index in [4.69, 9.17) is 4.74 Å². The van der Waals surface area contributed by atoms with Gasteiger partial charge in [0.2, 0.25) is 5.88 Å². The van der Waals surface area contributed by atoms with Gasteiger partial charge < -0.3 is 9.72 Å². The van der Waals surface area contributed by atoms with Crippen LogP contribution in [0.2, 0.25) is 0 Å². The SMILES string of the molecule is Cc1ccc(Oc2cc(=O)[nH]c(C3CC3)n2)c(C)c1. The van der Waals surface area contributed by atoms with Gasteiger partial charge in [-0.15, -0.1) is 0 Å². The molecule has 0 unspecified atom stereocenters. The third-order valence-corrected chi connectivity index (χ3v) is 3.25. The minimum absolute atomic E-state index is 0.156. The first-order chi connectivity index (χ1) is 9.11. The summed E-state index contributed by atoms with van der Waals surface area (Å²) in [6.45, 7) is 4.02. The molecule has 1 aliphatic carbocycles. The van der Waals surface area contributed by atoms with E-state index < -0.39 is 0 Å². The lowest BCUT2D eigenvalue weighted by Gasteiger charge is -2.09. The van der Waals surface area contributed by atoms with Crippen molar-refractivity contribution >= 4 is 0 Å². The van der Waals surface area contributed by atoms with Crippen LogP contribution >= 0.6 is 0 Å². The van der Waals surface area contributed by atoms with Crippen molar-refractivity contribution in [3.05, 3.63) is 51.6 Å². The molecule has 1 aromatic heterocycles. The zero-order valence-corrected chi connectivity index (χ0v) is 11.1. The lowest BCUT2D eigenvalue weighted by Crippen LogP contribution is -2.10. The third kappa shape index (κ3) is 2.67. The van der Waals surface area contributed by atoms with Gasteiger partial charge in [0, 0.05) is 5.92 Å². The van der Waals surface area contributed by atoms with E-state index >= 15 is 0 Å². The molecule has 0 radical (unpaired) electrons. The molecule has 0 saturated heterocycles. The summed E-state index contributed by atoms with van der Waals surface area (Å²) in [4.78, 5) is 18.7. The molecule has 3 rings (SSSR count). The summed E-state index contributed by atoms with van der Waals surface area (Å²) in [5, 5.41) is 0. The number of rotatable bonds is 3. The van der Waals surface area contributed by atoms with Crippen LogP contribution in [0.25, 0.3) is 0 Å². The Labute approximate surface area is 111 Å². The zero-order valence-electron chi connectivity index (χ0n) is 11.1. The largest absolute Gasteiger partial charge is 0.438 e. The lowest BCUT2D eigenvalue weighted by atomic mass is 10.1. The van der Waals surface area contributed by atoms with E-state index in [9.17, 15) is 4.79 Å². The van der Waals surface area contributed by atoms with Gasteiger partial charge in [-0.3, -0.25) is 4.79 Å². The Bertz CT molecular complexity index is 672. The normalized spacial score (nSPS) is 14.4. The number of hydrogen-bond donors (Lipinski definition) is 1. The van der Waals surface area contributed by atoms with Crippen LogP contribution in [-0.2, 0) is 0 Å². The van der Waals surface area contributed by atoms with Crippen LogP contribution in [0, 0.1) is 13.8 Å². The van der Waals surface area contributed by atoms with Crippen LogP contribution in [0.1, 0.15) is 35.7 Å². The van der Waals surface area contributed by atoms with Gasteiger partial charge in [0.15, 0.2) is 0 Å². The molecule has 1 aliphatic rings. The zero-order chi connectivity index (χ0) is 13.4. The Morgan fingerprint density at radius 3 is 2.74 bits per heavy atom. The molecule has 1 aromatic carbocycles. The summed E-state index contributed by atoms with van der Waals surface area (Å²) in [7, 11) is 0. The smallest absolute Gasteiger partial charge is 0.254 e. The summed E-state index contributed by atoms with van der Waals surface area (Å²) in [5.74, 6) is 2.26. The Morgan fingerprint density at radius 1 is 1.26 bits per heavy atom. The van der Waals surface area contributed by atoms with E-state index in [0.29, 0.717) is 11.8 Å². The highest BCUT2D eigenvalue weighted by atomic mass is 16.5. The molecular formula is C15H16N2O2. The van der Waals surface area contributed by atoms with Crippen LogP contribution in [0.5, 0.6) is 11.6 Å². The summed E-state index contributed by atoms with van der Waals surface area (Å²) in [6.07, 6.45) is 2.19. The number of ether oxygens (including phenoxy) is 1. The van der Waals surface area contributed by atoms with Gasteiger partial charge in [0.25, 0.3) is 5.56 Å². The number of benzene rings is 1. The Morgan fingerprint density at radius 2 is 2.05 bits per heavy atom. The minimum Gasteiger partial charge on any atom is -0.438 e. The van der Waals surface area contributed by atoms with Crippen molar-refractivity contribution in [2.75, 3.05) is 0 Å². The van der Waals surface area contributed by atoms with Gasteiger partial charge in [-0.25, -0.2) is 0 Å². The number of nitrogens with one attached hydrogen (secondary N) is 1. The fourth-order valence-electron chi connectivity index (χ4n) is 2.08. The molecule has 0 atom stereocenters. The second kappa shape index (κ2) is 4.53. The van der Waals surface area contributed by atoms with Gasteiger partial charge in [-0.1, -0.05) is 17.7 Å². The Hall–Kier alpha value is -2.10. The van der Waals surface area contributed by atoms with Crippen molar-refractivity contribution in [2.24, 2.45) is 0 Å². The van der Waals surface area contributed by atoms with Crippen molar-refractivity contribution in [2.45, 2.75) is 32.6 Å². The maximum absolute atomic E-state index is 11.6. The molecule has 98 valence electrons. The predicted octanol–water partition coefficient (Wildman–Crippen LogP) is 3.06. The average Bonchev–Trinajstić information content (AvgIpc) is 3.16. The second-order valence-corrected chi connectivity index (χ2v) is 5.11. The first-order valence-corrected chi connectivity index (χ1v) is 6.48. The molecule has 0 amide bonds. The standard InChI is InChI=1S/C15H16N2O2/c1-9-3-6-12(10(2)7-9)19-14-8-13(18)16-15(17-14)11-4-5-11/h3,6-8,11H,4-5H2,1-2H3,(H,16,17,18). The van der Waals surface area contributed by atoms with Crippen LogP contribution in [0.3, 0.4) is 0 Å². The Balaban J connectivity index is 1.92. The van der Waals surface area contributed by atoms with E-state index in [0.717, 1.165) is 30.0 Å². The molecule has 2 aromatic rings. The number of hydrogen-bond acceptors (Lipinski definition) is 3. The third-order valence-electron chi connectivity index (χ3n) is 3.25. The molecule has 4 heteroatoms. The summed E-state index contributed by atoms with van der Waals surface area (Å²) in [6, 6.07) is 7.33. The lowest BCUT2D eigenvalue weighted by molar-refractivity contribution is 0.454. The van der Waals surface area contributed by atoms with Gasteiger partial charge >= 0.3 is 0 Å². The number of aryl methyl sites for hydroxylation is 2. The molecule has 0 aliphatic heterocycles. The van der Waals surface area contributed by atoms with E-state index in [-0.39, 0.29) is 5.56 Å². The second-order valence-electron chi connectivity index (χ2n) is 5.11. The first kappa shape index (κ1) is 12.0. The fourth-order valence-corrected chi connectivity index (χ4v) is 2.08. The molecule has 0 bridgehead atoms. The van der Waals surface area contributed by atoms with Gasteiger partial charge in [-0.2, -0.15) is 4.98 Å². The van der Waals surface area contributed by atoms with E-state index in [2.05, 4.69) is 9.97 Å². The molecule has 0 spiro atoms. The molecule has 19 heavy (non-hydrogen) atoms. The molecule has 1 saturated carbocycles. The van der Waals surface area contributed by atoms with Crippen molar-refractivity contribution in [3.8, 4) is 11.6 Å². The molecular weight excluding hydrogens is 240 g/mol. The Kier molecular flexibility index (Phi) is 2.85. The maximum atomic E-state index is 11.6. The molecule has 4 nitrogen and oxygen atoms in total. The van der Waals surface area contributed by atoms with Crippen LogP contribution in [0.4, 0.5) is 0 Å². The van der Waals surface area contributed by atoms with Crippen LogP contribution in [-0.4, -0.2) is 9.97 Å². The van der Waals surface area contributed by atoms with Crippen LogP contribution < -0.4 is 10.3 Å². The van der Waals surface area contributed by atoms with Gasteiger partial charge in [0.1, 0.15) is 11.6 Å². The number of H-pyrrole nitrogens is 1. The van der Waals surface area contributed by atoms with Crippen molar-refractivity contribution in [1.82, 2.24) is 9.97 Å². The number of nitrogens with zero attached hydrogens (tertiary/aromatic N) is 1. The van der Waals surface area contributed by atoms with E-state index in [1.54, 1.807) is 0 Å². The molecule has 1 N–H and O–H groups in total. The summed E-state index contributed by atoms with van der Waals surface area (Å²) < 4.78 is 5.73. The molecule has 1 fully saturated rings. The van der Waals surface area contributed by atoms with Gasteiger partial charge in [-0.05, 0) is 38.3 Å². The van der Waals surface area contributed by atoms with Crippen molar-refractivity contribution in [1.29, 1.82) is 0 Å². The van der Waals surface area contributed by atoms with Crippen molar-refractivity contribution < 1.29 is 4.74 Å². The fraction of sp³-hybridized carbons (Fsp3) is 0.333. The number of aromatic nitrogens is 2. The quantitative estimate of drug-likeness (QED) is 0.918. The van der Waals surface area contributed by atoms with Crippen molar-refractivity contribution in [3.63, 3.8) is 0 Å².